The van der Waals surface area contributed by atoms with Crippen molar-refractivity contribution >= 4 is 11.8 Å². The second-order valence-electron chi connectivity index (χ2n) is 4.40. The van der Waals surface area contributed by atoms with Gasteiger partial charge in [-0.15, -0.1) is 0 Å². The summed E-state index contributed by atoms with van der Waals surface area (Å²) in [6.07, 6.45) is 3.88. The molecule has 1 unspecified atom stereocenters. The van der Waals surface area contributed by atoms with Crippen LogP contribution in [0.1, 0.15) is 44.0 Å². The van der Waals surface area contributed by atoms with E-state index in [0.717, 1.165) is 12.8 Å². The molecule has 1 heterocycles. The molecule has 1 aromatic rings. The third kappa shape index (κ3) is 3.45. The van der Waals surface area contributed by atoms with Crippen LogP contribution in [0, 0.1) is 5.92 Å². The van der Waals surface area contributed by atoms with Gasteiger partial charge < -0.3 is 10.1 Å². The van der Waals surface area contributed by atoms with Gasteiger partial charge in [-0.3, -0.25) is 0 Å². The zero-order chi connectivity index (χ0) is 13.5. The molecule has 1 aromatic heterocycles. The molecule has 0 bridgehead atoms. The number of anilines is 1. The van der Waals surface area contributed by atoms with Crippen LogP contribution in [0.5, 0.6) is 0 Å². The summed E-state index contributed by atoms with van der Waals surface area (Å²) < 4.78 is 4.75. The van der Waals surface area contributed by atoms with Crippen LogP contribution >= 0.6 is 0 Å². The molecule has 4 nitrogen and oxygen atoms in total. The molecule has 1 rings (SSSR count). The summed E-state index contributed by atoms with van der Waals surface area (Å²) in [7, 11) is 1.38. The Morgan fingerprint density at radius 2 is 2.11 bits per heavy atom. The number of ether oxygens (including phenoxy) is 1. The third-order valence-corrected chi connectivity index (χ3v) is 3.33. The number of carbonyl (C=O) groups excluding carboxylic acids is 1. The highest BCUT2D eigenvalue weighted by atomic mass is 16.5. The van der Waals surface area contributed by atoms with Crippen molar-refractivity contribution < 1.29 is 9.53 Å². The molecule has 0 saturated carbocycles. The van der Waals surface area contributed by atoms with Gasteiger partial charge in [0.15, 0.2) is 0 Å². The molecule has 1 N–H and O–H groups in total. The number of pyridine rings is 1. The van der Waals surface area contributed by atoms with Gasteiger partial charge >= 0.3 is 5.97 Å². The molecule has 100 valence electrons. The first-order chi connectivity index (χ1) is 8.63. The van der Waals surface area contributed by atoms with Crippen molar-refractivity contribution in [1.82, 2.24) is 4.98 Å². The number of rotatable bonds is 6. The van der Waals surface area contributed by atoms with Gasteiger partial charge in [-0.2, -0.15) is 0 Å². The minimum Gasteiger partial charge on any atom is -0.465 e. The summed E-state index contributed by atoms with van der Waals surface area (Å²) in [4.78, 5) is 15.8. The van der Waals surface area contributed by atoms with Crippen LogP contribution < -0.4 is 5.32 Å². The minimum atomic E-state index is -0.359. The maximum absolute atomic E-state index is 11.6. The summed E-state index contributed by atoms with van der Waals surface area (Å²) >= 11 is 0. The lowest BCUT2D eigenvalue weighted by Crippen LogP contribution is -2.26. The molecule has 0 aromatic carbocycles. The maximum atomic E-state index is 11.6. The molecule has 0 fully saturated rings. The van der Waals surface area contributed by atoms with Gasteiger partial charge in [0.1, 0.15) is 11.4 Å². The number of hydrogen-bond donors (Lipinski definition) is 1. The first-order valence-electron chi connectivity index (χ1n) is 6.43. The van der Waals surface area contributed by atoms with Crippen molar-refractivity contribution in [2.75, 3.05) is 12.4 Å². The molecule has 4 heteroatoms. The van der Waals surface area contributed by atoms with Crippen molar-refractivity contribution in [3.63, 3.8) is 0 Å². The smallest absolute Gasteiger partial charge is 0.341 e. The van der Waals surface area contributed by atoms with Crippen molar-refractivity contribution in [2.24, 2.45) is 5.92 Å². The van der Waals surface area contributed by atoms with Gasteiger partial charge in [-0.1, -0.05) is 26.7 Å². The van der Waals surface area contributed by atoms with Crippen molar-refractivity contribution in [1.29, 1.82) is 0 Å². The summed E-state index contributed by atoms with van der Waals surface area (Å²) in [5.41, 5.74) is 0.484. The van der Waals surface area contributed by atoms with Gasteiger partial charge in [-0.25, -0.2) is 9.78 Å². The van der Waals surface area contributed by atoms with E-state index in [2.05, 4.69) is 31.1 Å². The van der Waals surface area contributed by atoms with Gasteiger partial charge in [0.05, 0.1) is 7.11 Å². The molecule has 1 atom stereocenters. The Bertz CT molecular complexity index is 389. The zero-order valence-electron chi connectivity index (χ0n) is 11.6. The molecular formula is C14H22N2O2. The Hall–Kier alpha value is -1.58. The zero-order valence-corrected chi connectivity index (χ0v) is 11.6. The fourth-order valence-electron chi connectivity index (χ4n) is 2.12. The largest absolute Gasteiger partial charge is 0.465 e. The lowest BCUT2D eigenvalue weighted by molar-refractivity contribution is 0.0601. The number of esters is 1. The standard InChI is InChI=1S/C14H22N2O2/c1-5-11(6-2)10(3)16-13-12(14(17)18-4)8-7-9-15-13/h7-11H,5-6H2,1-4H3,(H,15,16). The van der Waals surface area contributed by atoms with Gasteiger partial charge in [0.25, 0.3) is 0 Å². The number of methoxy groups -OCH3 is 1. The maximum Gasteiger partial charge on any atom is 0.341 e. The fraction of sp³-hybridized carbons (Fsp3) is 0.571. The number of nitrogens with one attached hydrogen (secondary N) is 1. The Morgan fingerprint density at radius 1 is 1.44 bits per heavy atom. The summed E-state index contributed by atoms with van der Waals surface area (Å²) in [5, 5.41) is 3.32. The van der Waals surface area contributed by atoms with E-state index in [0.29, 0.717) is 17.3 Å². The predicted octanol–water partition coefficient (Wildman–Crippen LogP) is 3.10. The van der Waals surface area contributed by atoms with Gasteiger partial charge in [0.2, 0.25) is 0 Å². The summed E-state index contributed by atoms with van der Waals surface area (Å²) in [6.45, 7) is 6.46. The van der Waals surface area contributed by atoms with Crippen LogP contribution in [0.25, 0.3) is 0 Å². The van der Waals surface area contributed by atoms with E-state index in [4.69, 9.17) is 4.74 Å². The number of nitrogens with zero attached hydrogens (tertiary/aromatic N) is 1. The molecule has 0 aliphatic carbocycles. The monoisotopic (exact) mass is 250 g/mol. The van der Waals surface area contributed by atoms with Crippen LogP contribution in [0.3, 0.4) is 0 Å². The van der Waals surface area contributed by atoms with Crippen LogP contribution in [0.15, 0.2) is 18.3 Å². The van der Waals surface area contributed by atoms with E-state index in [1.54, 1.807) is 18.3 Å². The van der Waals surface area contributed by atoms with E-state index in [9.17, 15) is 4.79 Å². The van der Waals surface area contributed by atoms with E-state index >= 15 is 0 Å². The fourth-order valence-corrected chi connectivity index (χ4v) is 2.12. The normalized spacial score (nSPS) is 12.3. The molecule has 0 spiro atoms. The highest BCUT2D eigenvalue weighted by Gasteiger charge is 2.18. The summed E-state index contributed by atoms with van der Waals surface area (Å²) in [5.74, 6) is 0.809. The number of aromatic nitrogens is 1. The van der Waals surface area contributed by atoms with Crippen LogP contribution in [-0.2, 0) is 4.74 Å². The van der Waals surface area contributed by atoms with Crippen LogP contribution in [-0.4, -0.2) is 24.1 Å². The minimum absolute atomic E-state index is 0.276. The number of hydrogen-bond acceptors (Lipinski definition) is 4. The van der Waals surface area contributed by atoms with Crippen LogP contribution in [0.2, 0.25) is 0 Å². The van der Waals surface area contributed by atoms with Crippen molar-refractivity contribution in [3.05, 3.63) is 23.9 Å². The van der Waals surface area contributed by atoms with E-state index in [1.807, 2.05) is 0 Å². The average Bonchev–Trinajstić information content (AvgIpc) is 2.40. The lowest BCUT2D eigenvalue weighted by Gasteiger charge is -2.23. The number of carbonyl (C=O) groups is 1. The highest BCUT2D eigenvalue weighted by molar-refractivity contribution is 5.94. The SMILES string of the molecule is CCC(CC)C(C)Nc1ncccc1C(=O)OC. The van der Waals surface area contributed by atoms with E-state index < -0.39 is 0 Å². The molecule has 18 heavy (non-hydrogen) atoms. The predicted molar refractivity (Wildman–Crippen MR) is 72.7 cm³/mol. The molecular weight excluding hydrogens is 228 g/mol. The molecule has 0 amide bonds. The van der Waals surface area contributed by atoms with Gasteiger partial charge in [0, 0.05) is 12.2 Å². The Balaban J connectivity index is 2.87. The molecule has 0 aliphatic rings. The molecule has 0 saturated heterocycles. The van der Waals surface area contributed by atoms with E-state index in [1.165, 1.54) is 7.11 Å². The lowest BCUT2D eigenvalue weighted by atomic mass is 9.95. The Labute approximate surface area is 109 Å². The third-order valence-electron chi connectivity index (χ3n) is 3.33. The second-order valence-corrected chi connectivity index (χ2v) is 4.40. The first-order valence-corrected chi connectivity index (χ1v) is 6.43. The van der Waals surface area contributed by atoms with Crippen LogP contribution in [0.4, 0.5) is 5.82 Å². The highest BCUT2D eigenvalue weighted by Crippen LogP contribution is 2.19. The molecule has 0 radical (unpaired) electrons. The molecule has 0 aliphatic heterocycles. The first kappa shape index (κ1) is 14.5. The van der Waals surface area contributed by atoms with Crippen molar-refractivity contribution in [3.8, 4) is 0 Å². The topological polar surface area (TPSA) is 51.2 Å². The average molecular weight is 250 g/mol. The second kappa shape index (κ2) is 6.99. The Morgan fingerprint density at radius 3 is 2.67 bits per heavy atom. The van der Waals surface area contributed by atoms with E-state index in [-0.39, 0.29) is 12.0 Å². The summed E-state index contributed by atoms with van der Waals surface area (Å²) in [6, 6.07) is 3.73. The Kier molecular flexibility index (Phi) is 5.62. The quantitative estimate of drug-likeness (QED) is 0.788. The van der Waals surface area contributed by atoms with Crippen molar-refractivity contribution in [2.45, 2.75) is 39.7 Å². The van der Waals surface area contributed by atoms with Gasteiger partial charge in [-0.05, 0) is 25.0 Å².